The van der Waals surface area contributed by atoms with Crippen molar-refractivity contribution in [2.24, 2.45) is 11.1 Å². The molecule has 0 amide bonds. The number of nitrogens with zero attached hydrogens (tertiary/aromatic N) is 1. The van der Waals surface area contributed by atoms with Gasteiger partial charge in [-0.15, -0.1) is 0 Å². The Bertz CT molecular complexity index is 157. The van der Waals surface area contributed by atoms with E-state index in [2.05, 4.69) is 25.6 Å². The fourth-order valence-corrected chi connectivity index (χ4v) is 0.468. The van der Waals surface area contributed by atoms with Crippen LogP contribution in [0.3, 0.4) is 0 Å². The summed E-state index contributed by atoms with van der Waals surface area (Å²) in [7, 11) is 0. The molecule has 0 aromatic carbocycles. The summed E-state index contributed by atoms with van der Waals surface area (Å²) in [5.41, 5.74) is 0.912. The third-order valence-electron chi connectivity index (χ3n) is 1.51. The van der Waals surface area contributed by atoms with Gasteiger partial charge in [0.1, 0.15) is 5.76 Å². The van der Waals surface area contributed by atoms with E-state index in [-0.39, 0.29) is 0 Å². The molecule has 0 saturated carbocycles. The number of rotatable bonds is 4. The molecule has 0 bridgehead atoms. The molecule has 0 aliphatic heterocycles. The molecule has 0 aromatic rings. The summed E-state index contributed by atoms with van der Waals surface area (Å²) in [6.07, 6.45) is 1.04. The molecular formula is C11H23NO. The third kappa shape index (κ3) is 9.12. The molecule has 0 aliphatic carbocycles. The molecule has 0 spiro atoms. The Morgan fingerprint density at radius 1 is 1.38 bits per heavy atom. The highest BCUT2D eigenvalue weighted by Gasteiger charge is 2.04. The molecule has 0 aliphatic rings. The molecule has 2 nitrogen and oxygen atoms in total. The quantitative estimate of drug-likeness (QED) is 0.369. The fraction of sp³-hybridized carbons (Fsp3) is 0.727. The number of oxime groups is 1. The second kappa shape index (κ2) is 9.30. The highest BCUT2D eigenvalue weighted by atomic mass is 16.6. The standard InChI is InChI=1S/C9H17NO.C2H6/c1-6-8(4)9(5)11-10-7(2)3;1-2/h8H,5-6H2,1-4H3;1-2H3/t8-;/m0./s1. The average molecular weight is 185 g/mol. The molecule has 0 aromatic heterocycles. The molecule has 0 radical (unpaired) electrons. The summed E-state index contributed by atoms with van der Waals surface area (Å²) in [4.78, 5) is 5.05. The number of hydrogen-bond donors (Lipinski definition) is 0. The highest BCUT2D eigenvalue weighted by molar-refractivity contribution is 5.78. The van der Waals surface area contributed by atoms with Crippen LogP contribution in [0.1, 0.15) is 48.0 Å². The Labute approximate surface area is 82.7 Å². The lowest BCUT2D eigenvalue weighted by Gasteiger charge is -2.08. The lowest BCUT2D eigenvalue weighted by molar-refractivity contribution is 0.193. The monoisotopic (exact) mass is 185 g/mol. The molecule has 0 heterocycles. The summed E-state index contributed by atoms with van der Waals surface area (Å²) in [5, 5.41) is 3.81. The summed E-state index contributed by atoms with van der Waals surface area (Å²) in [6, 6.07) is 0. The van der Waals surface area contributed by atoms with Crippen LogP contribution < -0.4 is 0 Å². The molecule has 2 heteroatoms. The van der Waals surface area contributed by atoms with Crippen LogP contribution >= 0.6 is 0 Å². The molecule has 0 fully saturated rings. The fourth-order valence-electron chi connectivity index (χ4n) is 0.468. The van der Waals surface area contributed by atoms with Crippen LogP contribution in [0.2, 0.25) is 0 Å². The van der Waals surface area contributed by atoms with Gasteiger partial charge in [-0.05, 0) is 20.3 Å². The van der Waals surface area contributed by atoms with Crippen LogP contribution in [-0.2, 0) is 4.84 Å². The van der Waals surface area contributed by atoms with Gasteiger partial charge in [0.15, 0.2) is 0 Å². The van der Waals surface area contributed by atoms with Crippen molar-refractivity contribution in [1.29, 1.82) is 0 Å². The van der Waals surface area contributed by atoms with Crippen molar-refractivity contribution in [2.45, 2.75) is 48.0 Å². The minimum Gasteiger partial charge on any atom is -0.362 e. The van der Waals surface area contributed by atoms with Gasteiger partial charge in [-0.2, -0.15) is 0 Å². The van der Waals surface area contributed by atoms with Gasteiger partial charge in [0.25, 0.3) is 0 Å². The molecule has 13 heavy (non-hydrogen) atoms. The topological polar surface area (TPSA) is 21.6 Å². The lowest BCUT2D eigenvalue weighted by atomic mass is 10.1. The van der Waals surface area contributed by atoms with Crippen LogP contribution in [0.25, 0.3) is 0 Å². The van der Waals surface area contributed by atoms with Crippen molar-refractivity contribution in [3.8, 4) is 0 Å². The zero-order valence-corrected chi connectivity index (χ0v) is 9.85. The molecule has 0 rings (SSSR count). The van der Waals surface area contributed by atoms with Gasteiger partial charge in [0.05, 0.1) is 5.71 Å². The molecule has 0 saturated heterocycles. The van der Waals surface area contributed by atoms with E-state index in [4.69, 9.17) is 4.84 Å². The van der Waals surface area contributed by atoms with Crippen molar-refractivity contribution in [1.82, 2.24) is 0 Å². The summed E-state index contributed by atoms with van der Waals surface area (Å²) >= 11 is 0. The molecule has 78 valence electrons. The van der Waals surface area contributed by atoms with E-state index in [9.17, 15) is 0 Å². The van der Waals surface area contributed by atoms with E-state index in [0.717, 1.165) is 17.9 Å². The Hall–Kier alpha value is -0.790. The molecule has 0 unspecified atom stereocenters. The van der Waals surface area contributed by atoms with Gasteiger partial charge in [-0.1, -0.05) is 39.4 Å². The maximum atomic E-state index is 5.05. The first-order valence-corrected chi connectivity index (χ1v) is 4.95. The Balaban J connectivity index is 0. The zero-order chi connectivity index (χ0) is 10.9. The van der Waals surface area contributed by atoms with E-state index < -0.39 is 0 Å². The molecule has 0 N–H and O–H groups in total. The maximum Gasteiger partial charge on any atom is 0.130 e. The van der Waals surface area contributed by atoms with E-state index in [1.807, 2.05) is 27.7 Å². The Morgan fingerprint density at radius 3 is 2.15 bits per heavy atom. The Morgan fingerprint density at radius 2 is 1.85 bits per heavy atom. The third-order valence-corrected chi connectivity index (χ3v) is 1.51. The van der Waals surface area contributed by atoms with Crippen LogP contribution in [0.4, 0.5) is 0 Å². The van der Waals surface area contributed by atoms with Gasteiger partial charge < -0.3 is 4.84 Å². The Kier molecular flexibility index (Phi) is 10.5. The van der Waals surface area contributed by atoms with Gasteiger partial charge in [0, 0.05) is 5.92 Å². The first kappa shape index (κ1) is 14.7. The average Bonchev–Trinajstić information content (AvgIpc) is 2.16. The second-order valence-corrected chi connectivity index (χ2v) is 2.91. The smallest absolute Gasteiger partial charge is 0.130 e. The minimum absolute atomic E-state index is 0.387. The summed E-state index contributed by atoms with van der Waals surface area (Å²) < 4.78 is 0. The lowest BCUT2D eigenvalue weighted by Crippen LogP contribution is -1.98. The van der Waals surface area contributed by atoms with Gasteiger partial charge in [0.2, 0.25) is 0 Å². The molecular weight excluding hydrogens is 162 g/mol. The van der Waals surface area contributed by atoms with Crippen molar-refractivity contribution >= 4 is 5.71 Å². The maximum absolute atomic E-state index is 5.05. The predicted molar refractivity (Wildman–Crippen MR) is 59.8 cm³/mol. The minimum atomic E-state index is 0.387. The van der Waals surface area contributed by atoms with Gasteiger partial charge in [-0.3, -0.25) is 0 Å². The van der Waals surface area contributed by atoms with Crippen molar-refractivity contribution in [3.05, 3.63) is 12.3 Å². The zero-order valence-electron chi connectivity index (χ0n) is 9.85. The van der Waals surface area contributed by atoms with Crippen LogP contribution in [-0.4, -0.2) is 5.71 Å². The van der Waals surface area contributed by atoms with Crippen molar-refractivity contribution < 1.29 is 4.84 Å². The number of hydrogen-bond acceptors (Lipinski definition) is 2. The predicted octanol–water partition coefficient (Wildman–Crippen LogP) is 3.98. The largest absolute Gasteiger partial charge is 0.362 e. The molecule has 1 atom stereocenters. The summed E-state index contributed by atoms with van der Waals surface area (Å²) in [6.45, 7) is 15.7. The van der Waals surface area contributed by atoms with Crippen LogP contribution in [0.5, 0.6) is 0 Å². The number of allylic oxidation sites excluding steroid dienone is 1. The van der Waals surface area contributed by atoms with Crippen LogP contribution in [0.15, 0.2) is 17.5 Å². The normalized spacial score (nSPS) is 10.6. The van der Waals surface area contributed by atoms with Crippen molar-refractivity contribution in [2.75, 3.05) is 0 Å². The second-order valence-electron chi connectivity index (χ2n) is 2.91. The van der Waals surface area contributed by atoms with Gasteiger partial charge >= 0.3 is 0 Å². The van der Waals surface area contributed by atoms with E-state index in [1.165, 1.54) is 0 Å². The highest BCUT2D eigenvalue weighted by Crippen LogP contribution is 2.13. The summed E-state index contributed by atoms with van der Waals surface area (Å²) in [5.74, 6) is 1.13. The van der Waals surface area contributed by atoms with Crippen molar-refractivity contribution in [3.63, 3.8) is 0 Å². The van der Waals surface area contributed by atoms with E-state index in [0.29, 0.717) is 5.92 Å². The first-order valence-electron chi connectivity index (χ1n) is 4.95. The van der Waals surface area contributed by atoms with Gasteiger partial charge in [-0.25, -0.2) is 0 Å². The van der Waals surface area contributed by atoms with Crippen LogP contribution in [0, 0.1) is 5.92 Å². The SMILES string of the molecule is C=C(ON=C(C)C)[C@@H](C)CC.CC. The van der Waals surface area contributed by atoms with E-state index >= 15 is 0 Å². The first-order chi connectivity index (χ1) is 6.07. The van der Waals surface area contributed by atoms with E-state index in [1.54, 1.807) is 0 Å².